The molecule has 0 radical (unpaired) electrons. The van der Waals surface area contributed by atoms with Crippen LogP contribution in [0.1, 0.15) is 60.3 Å². The summed E-state index contributed by atoms with van der Waals surface area (Å²) in [5.74, 6) is 0.577. The molecule has 0 aromatic heterocycles. The van der Waals surface area contributed by atoms with E-state index in [1.165, 1.54) is 0 Å². The lowest BCUT2D eigenvalue weighted by atomic mass is 9.86. The van der Waals surface area contributed by atoms with Gasteiger partial charge in [-0.1, -0.05) is 11.6 Å². The predicted molar refractivity (Wildman–Crippen MR) is 127 cm³/mol. The average Bonchev–Trinajstić information content (AvgIpc) is 2.66. The number of halogens is 1. The van der Waals surface area contributed by atoms with Crippen molar-refractivity contribution in [1.29, 1.82) is 0 Å². The molecular weight excluding hydrogens is 414 g/mol. The van der Waals surface area contributed by atoms with Gasteiger partial charge >= 0.3 is 6.09 Å². The Bertz CT molecular complexity index is 734. The zero-order valence-corrected chi connectivity index (χ0v) is 20.3. The van der Waals surface area contributed by atoms with Crippen LogP contribution in [-0.2, 0) is 9.47 Å². The highest BCUT2D eigenvalue weighted by molar-refractivity contribution is 6.33. The topological polar surface area (TPSA) is 62.8 Å². The van der Waals surface area contributed by atoms with E-state index >= 15 is 0 Å². The molecule has 2 fully saturated rings. The fourth-order valence-electron chi connectivity index (χ4n) is 4.47. The Labute approximate surface area is 192 Å². The van der Waals surface area contributed by atoms with Crippen LogP contribution in [0.2, 0.25) is 5.02 Å². The number of nitrogens with one attached hydrogen (secondary N) is 2. The summed E-state index contributed by atoms with van der Waals surface area (Å²) in [5, 5.41) is 7.29. The predicted octanol–water partition coefficient (Wildman–Crippen LogP) is 5.45. The van der Waals surface area contributed by atoms with E-state index in [1.54, 1.807) is 0 Å². The average molecular weight is 452 g/mol. The molecule has 174 valence electrons. The summed E-state index contributed by atoms with van der Waals surface area (Å²) in [7, 11) is 0. The highest BCUT2D eigenvalue weighted by atomic mass is 35.5. The summed E-state index contributed by atoms with van der Waals surface area (Å²) in [6.45, 7) is 12.5. The lowest BCUT2D eigenvalue weighted by Crippen LogP contribution is -2.45. The third-order valence-corrected chi connectivity index (χ3v) is 6.20. The Hall–Kier alpha value is -1.66. The number of benzene rings is 1. The SMILES string of the molecule is CC1CN(c2ccc(NCC3CCC(NC(=O)OC(C)(C)C)CC3)c(Cl)c2)CC(C)O1. The third-order valence-electron chi connectivity index (χ3n) is 5.89. The van der Waals surface area contributed by atoms with Crippen LogP contribution in [0.25, 0.3) is 0 Å². The number of carbonyl (C=O) groups excluding carboxylic acids is 1. The van der Waals surface area contributed by atoms with Crippen molar-refractivity contribution in [3.05, 3.63) is 23.2 Å². The van der Waals surface area contributed by atoms with E-state index in [9.17, 15) is 4.79 Å². The molecule has 1 amide bonds. The molecule has 0 bridgehead atoms. The number of hydrogen-bond donors (Lipinski definition) is 2. The summed E-state index contributed by atoms with van der Waals surface area (Å²) in [4.78, 5) is 14.3. The summed E-state index contributed by atoms with van der Waals surface area (Å²) in [6.07, 6.45) is 4.24. The van der Waals surface area contributed by atoms with E-state index in [2.05, 4.69) is 47.6 Å². The van der Waals surface area contributed by atoms with Gasteiger partial charge in [-0.2, -0.15) is 0 Å². The van der Waals surface area contributed by atoms with Crippen molar-refractivity contribution in [3.63, 3.8) is 0 Å². The lowest BCUT2D eigenvalue weighted by molar-refractivity contribution is -0.00522. The van der Waals surface area contributed by atoms with Crippen molar-refractivity contribution < 1.29 is 14.3 Å². The Morgan fingerprint density at radius 2 is 1.81 bits per heavy atom. The second-order valence-electron chi connectivity index (χ2n) is 10.1. The zero-order valence-electron chi connectivity index (χ0n) is 19.5. The van der Waals surface area contributed by atoms with E-state index in [0.717, 1.165) is 61.7 Å². The van der Waals surface area contributed by atoms with E-state index in [4.69, 9.17) is 21.1 Å². The molecule has 31 heavy (non-hydrogen) atoms. The first-order valence-corrected chi connectivity index (χ1v) is 11.9. The summed E-state index contributed by atoms with van der Waals surface area (Å²) in [5.41, 5.74) is 1.67. The molecule has 1 aliphatic carbocycles. The number of alkyl carbamates (subject to hydrolysis) is 1. The van der Waals surface area contributed by atoms with E-state index in [-0.39, 0.29) is 24.3 Å². The largest absolute Gasteiger partial charge is 0.444 e. The van der Waals surface area contributed by atoms with Crippen molar-refractivity contribution >= 4 is 29.1 Å². The van der Waals surface area contributed by atoms with Crippen LogP contribution in [0.4, 0.5) is 16.2 Å². The normalized spacial score (nSPS) is 27.0. The fourth-order valence-corrected chi connectivity index (χ4v) is 4.71. The minimum absolute atomic E-state index is 0.201. The second kappa shape index (κ2) is 10.3. The van der Waals surface area contributed by atoms with Gasteiger partial charge in [0.1, 0.15) is 5.60 Å². The van der Waals surface area contributed by atoms with Gasteiger partial charge in [-0.25, -0.2) is 4.79 Å². The fraction of sp³-hybridized carbons (Fsp3) is 0.708. The van der Waals surface area contributed by atoms with Crippen molar-refractivity contribution in [2.24, 2.45) is 5.92 Å². The van der Waals surface area contributed by atoms with E-state index in [1.807, 2.05) is 20.8 Å². The number of morpholine rings is 1. The monoisotopic (exact) mass is 451 g/mol. The molecule has 1 aliphatic heterocycles. The molecule has 1 saturated heterocycles. The molecule has 1 aromatic rings. The molecule has 2 N–H and O–H groups in total. The standard InChI is InChI=1S/C24H38ClN3O3/c1-16-14-28(15-17(2)30-16)20-10-11-22(21(25)12-20)26-13-18-6-8-19(9-7-18)27-23(29)31-24(3,4)5/h10-12,16-19,26H,6-9,13-15H2,1-5H3,(H,27,29). The molecule has 1 aromatic carbocycles. The Morgan fingerprint density at radius 3 is 2.39 bits per heavy atom. The molecule has 2 aliphatic rings. The van der Waals surface area contributed by atoms with Crippen LogP contribution < -0.4 is 15.5 Å². The summed E-state index contributed by atoms with van der Waals surface area (Å²) < 4.78 is 11.2. The zero-order chi connectivity index (χ0) is 22.6. The number of anilines is 2. The van der Waals surface area contributed by atoms with Crippen LogP contribution in [-0.4, -0.2) is 49.6 Å². The van der Waals surface area contributed by atoms with E-state index in [0.29, 0.717) is 5.92 Å². The number of amides is 1. The summed E-state index contributed by atoms with van der Waals surface area (Å²) >= 11 is 6.59. The summed E-state index contributed by atoms with van der Waals surface area (Å²) in [6, 6.07) is 6.47. The first-order valence-electron chi connectivity index (χ1n) is 11.5. The van der Waals surface area contributed by atoms with Crippen molar-refractivity contribution in [1.82, 2.24) is 5.32 Å². The molecular formula is C24H38ClN3O3. The van der Waals surface area contributed by atoms with Gasteiger partial charge in [0.2, 0.25) is 0 Å². The maximum atomic E-state index is 12.0. The number of nitrogens with zero attached hydrogens (tertiary/aromatic N) is 1. The Kier molecular flexibility index (Phi) is 7.98. The van der Waals surface area contributed by atoms with Crippen molar-refractivity contribution in [2.45, 2.75) is 84.2 Å². The van der Waals surface area contributed by atoms with Crippen LogP contribution in [0.3, 0.4) is 0 Å². The quantitative estimate of drug-likeness (QED) is 0.623. The highest BCUT2D eigenvalue weighted by Gasteiger charge is 2.25. The molecule has 7 heteroatoms. The van der Waals surface area contributed by atoms with Crippen LogP contribution in [0, 0.1) is 5.92 Å². The van der Waals surface area contributed by atoms with Crippen molar-refractivity contribution in [2.75, 3.05) is 29.9 Å². The number of hydrogen-bond acceptors (Lipinski definition) is 5. The molecule has 2 unspecified atom stereocenters. The van der Waals surface area contributed by atoms with Gasteiger partial charge in [0.25, 0.3) is 0 Å². The maximum absolute atomic E-state index is 12.0. The van der Waals surface area contributed by atoms with Crippen LogP contribution in [0.5, 0.6) is 0 Å². The van der Waals surface area contributed by atoms with Gasteiger partial charge in [-0.3, -0.25) is 0 Å². The number of carbonyl (C=O) groups is 1. The van der Waals surface area contributed by atoms with Gasteiger partial charge < -0.3 is 25.0 Å². The molecule has 2 atom stereocenters. The second-order valence-corrected chi connectivity index (χ2v) is 10.5. The van der Waals surface area contributed by atoms with Crippen LogP contribution in [0.15, 0.2) is 18.2 Å². The minimum atomic E-state index is -0.460. The number of ether oxygens (including phenoxy) is 2. The lowest BCUT2D eigenvalue weighted by Gasteiger charge is -2.37. The third kappa shape index (κ3) is 7.46. The Morgan fingerprint density at radius 1 is 1.16 bits per heavy atom. The van der Waals surface area contributed by atoms with Gasteiger partial charge in [0.05, 0.1) is 22.9 Å². The van der Waals surface area contributed by atoms with Crippen LogP contribution >= 0.6 is 11.6 Å². The van der Waals surface area contributed by atoms with E-state index < -0.39 is 5.60 Å². The maximum Gasteiger partial charge on any atom is 0.407 e. The molecule has 0 spiro atoms. The first-order chi connectivity index (χ1) is 14.6. The van der Waals surface area contributed by atoms with Gasteiger partial charge in [0.15, 0.2) is 0 Å². The molecule has 6 nitrogen and oxygen atoms in total. The van der Waals surface area contributed by atoms with Gasteiger partial charge in [-0.15, -0.1) is 0 Å². The highest BCUT2D eigenvalue weighted by Crippen LogP contribution is 2.31. The molecule has 3 rings (SSSR count). The molecule has 1 heterocycles. The smallest absolute Gasteiger partial charge is 0.407 e. The van der Waals surface area contributed by atoms with Crippen molar-refractivity contribution in [3.8, 4) is 0 Å². The Balaban J connectivity index is 1.44. The molecule has 1 saturated carbocycles. The first kappa shape index (κ1) is 24.0. The number of rotatable bonds is 5. The minimum Gasteiger partial charge on any atom is -0.444 e. The van der Waals surface area contributed by atoms with Gasteiger partial charge in [0, 0.05) is 31.4 Å². The van der Waals surface area contributed by atoms with Gasteiger partial charge in [-0.05, 0) is 84.4 Å².